The van der Waals surface area contributed by atoms with Gasteiger partial charge >= 0.3 is 5.97 Å². The van der Waals surface area contributed by atoms with Crippen molar-refractivity contribution < 1.29 is 14.7 Å². The molecule has 0 saturated heterocycles. The van der Waals surface area contributed by atoms with Crippen LogP contribution in [-0.4, -0.2) is 23.0 Å². The number of carbonyl (C=O) groups is 2. The molecule has 4 heteroatoms. The highest BCUT2D eigenvalue weighted by molar-refractivity contribution is 5.83. The van der Waals surface area contributed by atoms with Crippen LogP contribution in [0.25, 0.3) is 0 Å². The molecule has 0 aliphatic carbocycles. The monoisotopic (exact) mass is 273 g/mol. The molecule has 0 spiro atoms. The van der Waals surface area contributed by atoms with E-state index in [-0.39, 0.29) is 12.3 Å². The zero-order valence-corrected chi connectivity index (χ0v) is 11.3. The summed E-state index contributed by atoms with van der Waals surface area (Å²) in [5.41, 5.74) is 0.882. The standard InChI is InChI=1S/C16H19NO3/c1-2-3-4-8-11-15(18)17-14(16(19)20)12-13-9-6-5-7-10-13/h1,5-7,9-10,14H,3-4,8,11-12H2,(H,17,18)(H,19,20). The van der Waals surface area contributed by atoms with E-state index >= 15 is 0 Å². The van der Waals surface area contributed by atoms with Gasteiger partial charge in [0.2, 0.25) is 5.91 Å². The third-order valence-electron chi connectivity index (χ3n) is 2.89. The van der Waals surface area contributed by atoms with E-state index < -0.39 is 12.0 Å². The third kappa shape index (κ3) is 6.05. The van der Waals surface area contributed by atoms with Gasteiger partial charge in [-0.1, -0.05) is 30.3 Å². The molecule has 4 nitrogen and oxygen atoms in total. The maximum Gasteiger partial charge on any atom is 0.326 e. The Kier molecular flexibility index (Phi) is 6.91. The van der Waals surface area contributed by atoms with E-state index in [1.807, 2.05) is 30.3 Å². The molecule has 0 aliphatic rings. The summed E-state index contributed by atoms with van der Waals surface area (Å²) in [5, 5.41) is 11.7. The fourth-order valence-electron chi connectivity index (χ4n) is 1.83. The molecule has 0 radical (unpaired) electrons. The Balaban J connectivity index is 2.45. The van der Waals surface area contributed by atoms with Crippen LogP contribution in [0.5, 0.6) is 0 Å². The van der Waals surface area contributed by atoms with Crippen molar-refractivity contribution in [3.05, 3.63) is 35.9 Å². The van der Waals surface area contributed by atoms with Gasteiger partial charge in [-0.15, -0.1) is 12.3 Å². The second-order valence-corrected chi connectivity index (χ2v) is 4.56. The predicted octanol–water partition coefficient (Wildman–Crippen LogP) is 1.99. The van der Waals surface area contributed by atoms with Crippen LogP contribution in [0, 0.1) is 12.3 Å². The molecule has 1 unspecified atom stereocenters. The van der Waals surface area contributed by atoms with Crippen molar-refractivity contribution in [3.63, 3.8) is 0 Å². The number of rotatable bonds is 8. The second kappa shape index (κ2) is 8.76. The molecule has 0 bridgehead atoms. The summed E-state index contributed by atoms with van der Waals surface area (Å²) in [4.78, 5) is 22.9. The van der Waals surface area contributed by atoms with E-state index in [1.54, 1.807) is 0 Å². The molecule has 1 amide bonds. The van der Waals surface area contributed by atoms with Crippen LogP contribution in [0.4, 0.5) is 0 Å². The Bertz CT molecular complexity index is 476. The van der Waals surface area contributed by atoms with Crippen molar-refractivity contribution in [2.75, 3.05) is 0 Å². The Hall–Kier alpha value is -2.28. The molecule has 1 aromatic carbocycles. The molecule has 0 aromatic heterocycles. The summed E-state index contributed by atoms with van der Waals surface area (Å²) < 4.78 is 0. The minimum atomic E-state index is -1.02. The van der Waals surface area contributed by atoms with Crippen molar-refractivity contribution in [1.29, 1.82) is 0 Å². The van der Waals surface area contributed by atoms with E-state index in [0.717, 1.165) is 12.0 Å². The SMILES string of the molecule is C#CCCCCC(=O)NC(Cc1ccccc1)C(=O)O. The average Bonchev–Trinajstić information content (AvgIpc) is 2.44. The van der Waals surface area contributed by atoms with Gasteiger partial charge in [0, 0.05) is 19.3 Å². The fraction of sp³-hybridized carbons (Fsp3) is 0.375. The van der Waals surface area contributed by atoms with E-state index in [4.69, 9.17) is 11.5 Å². The van der Waals surface area contributed by atoms with E-state index in [0.29, 0.717) is 19.3 Å². The van der Waals surface area contributed by atoms with Crippen molar-refractivity contribution in [3.8, 4) is 12.3 Å². The second-order valence-electron chi connectivity index (χ2n) is 4.56. The predicted molar refractivity (Wildman–Crippen MR) is 77.0 cm³/mol. The zero-order valence-electron chi connectivity index (χ0n) is 11.3. The van der Waals surface area contributed by atoms with Crippen LogP contribution >= 0.6 is 0 Å². The highest BCUT2D eigenvalue weighted by atomic mass is 16.4. The smallest absolute Gasteiger partial charge is 0.326 e. The lowest BCUT2D eigenvalue weighted by Crippen LogP contribution is -2.42. The normalized spacial score (nSPS) is 11.3. The quantitative estimate of drug-likeness (QED) is 0.562. The van der Waals surface area contributed by atoms with Crippen LogP contribution in [0.1, 0.15) is 31.2 Å². The van der Waals surface area contributed by atoms with Gasteiger partial charge in [-0.25, -0.2) is 4.79 Å². The van der Waals surface area contributed by atoms with Gasteiger partial charge in [-0.05, 0) is 18.4 Å². The van der Waals surface area contributed by atoms with Gasteiger partial charge in [0.1, 0.15) is 6.04 Å². The van der Waals surface area contributed by atoms with Gasteiger partial charge < -0.3 is 10.4 Å². The van der Waals surface area contributed by atoms with E-state index in [9.17, 15) is 9.59 Å². The Morgan fingerprint density at radius 3 is 2.55 bits per heavy atom. The highest BCUT2D eigenvalue weighted by Crippen LogP contribution is 2.05. The number of hydrogen-bond donors (Lipinski definition) is 2. The van der Waals surface area contributed by atoms with Crippen molar-refractivity contribution in [2.24, 2.45) is 0 Å². The molecule has 0 saturated carbocycles. The maximum absolute atomic E-state index is 11.7. The summed E-state index contributed by atoms with van der Waals surface area (Å²) in [6, 6.07) is 8.34. The zero-order chi connectivity index (χ0) is 14.8. The Morgan fingerprint density at radius 1 is 1.25 bits per heavy atom. The molecule has 0 aliphatic heterocycles. The van der Waals surface area contributed by atoms with E-state index in [2.05, 4.69) is 11.2 Å². The number of carboxylic acids is 1. The highest BCUT2D eigenvalue weighted by Gasteiger charge is 2.19. The number of carboxylic acid groups (broad SMARTS) is 1. The number of carbonyl (C=O) groups excluding carboxylic acids is 1. The van der Waals surface area contributed by atoms with Gasteiger partial charge in [-0.2, -0.15) is 0 Å². The Morgan fingerprint density at radius 2 is 1.95 bits per heavy atom. The van der Waals surface area contributed by atoms with Crippen LogP contribution in [0.3, 0.4) is 0 Å². The lowest BCUT2D eigenvalue weighted by molar-refractivity contribution is -0.141. The summed E-state index contributed by atoms with van der Waals surface area (Å²) in [7, 11) is 0. The molecular formula is C16H19NO3. The van der Waals surface area contributed by atoms with Crippen LogP contribution in [0.15, 0.2) is 30.3 Å². The fourth-order valence-corrected chi connectivity index (χ4v) is 1.83. The Labute approximate surface area is 119 Å². The maximum atomic E-state index is 11.7. The third-order valence-corrected chi connectivity index (χ3v) is 2.89. The molecule has 106 valence electrons. The molecule has 20 heavy (non-hydrogen) atoms. The number of nitrogens with one attached hydrogen (secondary N) is 1. The number of benzene rings is 1. The van der Waals surface area contributed by atoms with Gasteiger partial charge in [0.25, 0.3) is 0 Å². The average molecular weight is 273 g/mol. The molecule has 1 atom stereocenters. The molecule has 1 rings (SSSR count). The minimum absolute atomic E-state index is 0.245. The summed E-state index contributed by atoms with van der Waals surface area (Å²) in [6.07, 6.45) is 7.80. The lowest BCUT2D eigenvalue weighted by atomic mass is 10.1. The topological polar surface area (TPSA) is 66.4 Å². The number of unbranched alkanes of at least 4 members (excludes halogenated alkanes) is 2. The first kappa shape index (κ1) is 15.8. The van der Waals surface area contributed by atoms with Crippen molar-refractivity contribution in [2.45, 2.75) is 38.1 Å². The molecule has 0 heterocycles. The first-order valence-corrected chi connectivity index (χ1v) is 6.63. The van der Waals surface area contributed by atoms with Crippen molar-refractivity contribution in [1.82, 2.24) is 5.32 Å². The summed E-state index contributed by atoms with van der Waals surface area (Å²) in [6.45, 7) is 0. The first-order valence-electron chi connectivity index (χ1n) is 6.63. The minimum Gasteiger partial charge on any atom is -0.480 e. The number of amides is 1. The largest absolute Gasteiger partial charge is 0.480 e. The number of terminal acetylenes is 1. The number of aliphatic carboxylic acids is 1. The van der Waals surface area contributed by atoms with E-state index in [1.165, 1.54) is 0 Å². The number of hydrogen-bond acceptors (Lipinski definition) is 2. The van der Waals surface area contributed by atoms with Gasteiger partial charge in [0.15, 0.2) is 0 Å². The molecular weight excluding hydrogens is 254 g/mol. The summed E-state index contributed by atoms with van der Waals surface area (Å²) >= 11 is 0. The van der Waals surface area contributed by atoms with Gasteiger partial charge in [-0.3, -0.25) is 4.79 Å². The molecule has 1 aromatic rings. The van der Waals surface area contributed by atoms with Crippen molar-refractivity contribution >= 4 is 11.9 Å². The molecule has 2 N–H and O–H groups in total. The summed E-state index contributed by atoms with van der Waals surface area (Å²) in [5.74, 6) is 1.24. The first-order chi connectivity index (χ1) is 9.63. The van der Waals surface area contributed by atoms with Gasteiger partial charge in [0.05, 0.1) is 0 Å². The van der Waals surface area contributed by atoms with Crippen LogP contribution in [0.2, 0.25) is 0 Å². The lowest BCUT2D eigenvalue weighted by Gasteiger charge is -2.14. The van der Waals surface area contributed by atoms with Crippen LogP contribution < -0.4 is 5.32 Å². The molecule has 0 fully saturated rings. The van der Waals surface area contributed by atoms with Crippen LogP contribution in [-0.2, 0) is 16.0 Å².